The predicted octanol–water partition coefficient (Wildman–Crippen LogP) is 5.76. The zero-order chi connectivity index (χ0) is 33.9. The fourth-order valence-corrected chi connectivity index (χ4v) is 7.88. The number of carboxylic acids is 1. The van der Waals surface area contributed by atoms with Crippen LogP contribution in [0.15, 0.2) is 53.4 Å². The molecule has 11 nitrogen and oxygen atoms in total. The average Bonchev–Trinajstić information content (AvgIpc) is 2.98. The third-order valence-electron chi connectivity index (χ3n) is 9.31. The maximum Gasteiger partial charge on any atom is 0.335 e. The largest absolute Gasteiger partial charge is 0.478 e. The molecule has 0 amide bonds. The van der Waals surface area contributed by atoms with Gasteiger partial charge in [-0.2, -0.15) is 4.98 Å². The summed E-state index contributed by atoms with van der Waals surface area (Å²) in [5, 5.41) is 13.1. The van der Waals surface area contributed by atoms with Gasteiger partial charge in [0.1, 0.15) is 6.61 Å². The Morgan fingerprint density at radius 3 is 2.32 bits per heavy atom. The summed E-state index contributed by atoms with van der Waals surface area (Å²) in [6.07, 6.45) is 5.68. The lowest BCUT2D eigenvalue weighted by Gasteiger charge is -2.57. The van der Waals surface area contributed by atoms with Gasteiger partial charge in [0.2, 0.25) is 11.8 Å². The van der Waals surface area contributed by atoms with E-state index in [1.54, 1.807) is 6.07 Å². The smallest absolute Gasteiger partial charge is 0.335 e. The Morgan fingerprint density at radius 2 is 1.68 bits per heavy atom. The van der Waals surface area contributed by atoms with Crippen molar-refractivity contribution in [2.75, 3.05) is 18.4 Å². The molecule has 12 heteroatoms. The van der Waals surface area contributed by atoms with E-state index in [-0.39, 0.29) is 45.6 Å². The van der Waals surface area contributed by atoms with Gasteiger partial charge < -0.3 is 19.9 Å². The number of carboxylic acid groups (broad SMARTS) is 1. The van der Waals surface area contributed by atoms with E-state index >= 15 is 0 Å². The number of esters is 1. The van der Waals surface area contributed by atoms with Gasteiger partial charge >= 0.3 is 11.9 Å². The quantitative estimate of drug-likeness (QED) is 0.181. The molecule has 1 aromatic heterocycles. The molecule has 0 bridgehead atoms. The van der Waals surface area contributed by atoms with Crippen molar-refractivity contribution in [3.63, 3.8) is 0 Å². The Morgan fingerprint density at radius 1 is 1.00 bits per heavy atom. The Labute approximate surface area is 276 Å². The average molecular weight is 665 g/mol. The van der Waals surface area contributed by atoms with Crippen molar-refractivity contribution >= 4 is 27.9 Å². The minimum absolute atomic E-state index is 0.0117. The molecule has 0 aliphatic heterocycles. The van der Waals surface area contributed by atoms with Gasteiger partial charge in [-0.15, -0.1) is 0 Å². The van der Waals surface area contributed by atoms with Crippen molar-refractivity contribution in [1.82, 2.24) is 15.3 Å². The number of carbonyl (C=O) groups is 2. The fraction of sp³-hybridized carbons (Fsp3) is 0.486. The van der Waals surface area contributed by atoms with Crippen LogP contribution in [0.25, 0.3) is 11.3 Å². The molecule has 2 saturated carbocycles. The van der Waals surface area contributed by atoms with Gasteiger partial charge in [-0.3, -0.25) is 4.79 Å². The van der Waals surface area contributed by atoms with E-state index in [9.17, 15) is 23.1 Å². The Balaban J connectivity index is 1.36. The maximum atomic E-state index is 13.3. The number of ether oxygens (including phenoxy) is 2. The number of carbonyl (C=O) groups excluding carboxylic acids is 1. The van der Waals surface area contributed by atoms with Gasteiger partial charge in [-0.1, -0.05) is 38.1 Å². The monoisotopic (exact) mass is 664 g/mol. The molecule has 1 spiro atoms. The van der Waals surface area contributed by atoms with Crippen molar-refractivity contribution < 1.29 is 32.6 Å². The SMILES string of the molecule is COC(=O)C1CC2(CC(NC(CCC(C)C)COc3cc(-c4c(C)cccc4C)nc(NS(=O)(=O)c4cccc(C(=O)O)c4)n3)C2)C1. The van der Waals surface area contributed by atoms with Crippen molar-refractivity contribution in [3.8, 4) is 17.1 Å². The highest BCUT2D eigenvalue weighted by atomic mass is 32.2. The van der Waals surface area contributed by atoms with Crippen LogP contribution >= 0.6 is 0 Å². The highest BCUT2D eigenvalue weighted by molar-refractivity contribution is 7.92. The number of nitrogens with one attached hydrogen (secondary N) is 2. The van der Waals surface area contributed by atoms with E-state index < -0.39 is 16.0 Å². The van der Waals surface area contributed by atoms with Crippen molar-refractivity contribution in [2.24, 2.45) is 17.3 Å². The Kier molecular flexibility index (Phi) is 10.2. The number of anilines is 1. The first-order valence-electron chi connectivity index (χ1n) is 16.1. The topological polar surface area (TPSA) is 157 Å². The molecule has 1 heterocycles. The van der Waals surface area contributed by atoms with Crippen LogP contribution in [0.3, 0.4) is 0 Å². The predicted molar refractivity (Wildman–Crippen MR) is 178 cm³/mol. The number of sulfonamides is 1. The van der Waals surface area contributed by atoms with E-state index in [4.69, 9.17) is 9.47 Å². The minimum Gasteiger partial charge on any atom is -0.478 e. The molecule has 1 atom stereocenters. The van der Waals surface area contributed by atoms with E-state index in [0.29, 0.717) is 24.3 Å². The highest BCUT2D eigenvalue weighted by Crippen LogP contribution is 2.59. The van der Waals surface area contributed by atoms with Crippen LogP contribution in [0.5, 0.6) is 5.88 Å². The molecule has 2 fully saturated rings. The number of benzene rings is 2. The fourth-order valence-electron chi connectivity index (χ4n) is 6.89. The van der Waals surface area contributed by atoms with Gasteiger partial charge in [0.05, 0.1) is 29.2 Å². The van der Waals surface area contributed by atoms with Crippen LogP contribution in [-0.2, 0) is 19.6 Å². The lowest BCUT2D eigenvalue weighted by atomic mass is 9.50. The second kappa shape index (κ2) is 14.0. The maximum absolute atomic E-state index is 13.3. The second-order valence-corrected chi connectivity index (χ2v) is 15.2. The van der Waals surface area contributed by atoms with E-state index in [1.807, 2.05) is 32.0 Å². The van der Waals surface area contributed by atoms with Gasteiger partial charge in [0, 0.05) is 23.7 Å². The molecule has 0 radical (unpaired) electrons. The first-order valence-corrected chi connectivity index (χ1v) is 17.5. The normalized spacial score (nSPS) is 21.1. The van der Waals surface area contributed by atoms with Crippen LogP contribution in [0, 0.1) is 31.1 Å². The molecule has 1 unspecified atom stereocenters. The van der Waals surface area contributed by atoms with Gasteiger partial charge in [-0.05, 0) is 93.0 Å². The molecule has 3 N–H and O–H groups in total. The summed E-state index contributed by atoms with van der Waals surface area (Å²) in [5.41, 5.74) is 3.33. The molecule has 5 rings (SSSR count). The molecular weight excluding hydrogens is 620 g/mol. The summed E-state index contributed by atoms with van der Waals surface area (Å²) >= 11 is 0. The molecule has 2 aliphatic rings. The van der Waals surface area contributed by atoms with Crippen LogP contribution < -0.4 is 14.8 Å². The van der Waals surface area contributed by atoms with Crippen molar-refractivity contribution in [2.45, 2.75) is 83.2 Å². The summed E-state index contributed by atoms with van der Waals surface area (Å²) in [6.45, 7) is 8.60. The molecule has 3 aromatic rings. The summed E-state index contributed by atoms with van der Waals surface area (Å²) in [5.74, 6) is -0.792. The van der Waals surface area contributed by atoms with Crippen LogP contribution in [0.1, 0.15) is 73.9 Å². The lowest BCUT2D eigenvalue weighted by molar-refractivity contribution is -0.159. The lowest BCUT2D eigenvalue weighted by Crippen LogP contribution is -2.58. The summed E-state index contributed by atoms with van der Waals surface area (Å²) in [6, 6.07) is 13.0. The third-order valence-corrected chi connectivity index (χ3v) is 10.6. The zero-order valence-electron chi connectivity index (χ0n) is 27.6. The summed E-state index contributed by atoms with van der Waals surface area (Å²) in [7, 11) is -2.78. The molecule has 2 aromatic carbocycles. The number of hydrogen-bond acceptors (Lipinski definition) is 9. The molecular formula is C35H44N4O7S. The first kappa shape index (κ1) is 34.3. The minimum atomic E-state index is -4.22. The third kappa shape index (κ3) is 8.10. The summed E-state index contributed by atoms with van der Waals surface area (Å²) in [4.78, 5) is 32.1. The number of nitrogens with zero attached hydrogens (tertiary/aromatic N) is 2. The van der Waals surface area contributed by atoms with Crippen molar-refractivity contribution in [3.05, 3.63) is 65.2 Å². The number of rotatable bonds is 14. The number of hydrogen-bond donors (Lipinski definition) is 3. The van der Waals surface area contributed by atoms with Crippen LogP contribution in [0.2, 0.25) is 0 Å². The molecule has 47 heavy (non-hydrogen) atoms. The number of aromatic nitrogens is 2. The van der Waals surface area contributed by atoms with Gasteiger partial charge in [0.15, 0.2) is 0 Å². The van der Waals surface area contributed by atoms with E-state index in [0.717, 1.165) is 61.3 Å². The van der Waals surface area contributed by atoms with Gasteiger partial charge in [0.25, 0.3) is 10.0 Å². The highest BCUT2D eigenvalue weighted by Gasteiger charge is 2.55. The number of aryl methyl sites for hydroxylation is 2. The van der Waals surface area contributed by atoms with E-state index in [2.05, 4.69) is 33.9 Å². The first-order chi connectivity index (χ1) is 22.3. The van der Waals surface area contributed by atoms with Crippen molar-refractivity contribution in [1.29, 1.82) is 0 Å². The second-order valence-electron chi connectivity index (χ2n) is 13.5. The van der Waals surface area contributed by atoms with Gasteiger partial charge in [-0.25, -0.2) is 22.9 Å². The summed E-state index contributed by atoms with van der Waals surface area (Å²) < 4.78 is 40.3. The Bertz CT molecular complexity index is 1710. The standard InChI is InChI=1S/C35H44N4O7S/c1-21(2)12-13-26(36-27-18-35(19-27)16-25(17-35)33(42)45-5)20-46-30-15-29(31-22(3)8-6-9-23(31)4)37-34(38-30)39-47(43,44)28-11-7-10-24(14-28)32(40)41/h6-11,14-15,21,25-27,36H,12-13,16-20H2,1-5H3,(H,40,41)(H,37,38,39). The molecule has 252 valence electrons. The Hall–Kier alpha value is -4.03. The molecule has 2 aliphatic carbocycles. The number of aromatic carboxylic acids is 1. The zero-order valence-corrected chi connectivity index (χ0v) is 28.4. The van der Waals surface area contributed by atoms with Crippen LogP contribution in [0.4, 0.5) is 5.95 Å². The molecule has 0 saturated heterocycles. The number of methoxy groups -OCH3 is 1. The van der Waals surface area contributed by atoms with E-state index in [1.165, 1.54) is 25.3 Å². The van der Waals surface area contributed by atoms with Crippen LogP contribution in [-0.4, -0.2) is 61.2 Å².